The van der Waals surface area contributed by atoms with Gasteiger partial charge in [0.2, 0.25) is 0 Å². The molecule has 4 rings (SSSR count). The van der Waals surface area contributed by atoms with Crippen molar-refractivity contribution >= 4 is 23.2 Å². The molecule has 2 amide bonds. The Labute approximate surface area is 206 Å². The molecule has 1 aliphatic rings. The molecule has 186 valence electrons. The molecule has 0 spiro atoms. The molecular formula is C27H34N4O4. The van der Waals surface area contributed by atoms with E-state index >= 15 is 0 Å². The molecule has 2 aromatic carbocycles. The van der Waals surface area contributed by atoms with Gasteiger partial charge in [-0.2, -0.15) is 0 Å². The average molecular weight is 479 g/mol. The van der Waals surface area contributed by atoms with Crippen molar-refractivity contribution in [1.29, 1.82) is 0 Å². The number of fused-ring (bicyclic) bond motifs is 1. The second-order valence-electron chi connectivity index (χ2n) is 9.82. The number of carbonyl (C=O) groups is 2. The molecule has 0 atom stereocenters. The standard InChI is InChI=1S/C27H34N4O4/c1-27(2,3)35-26(33)30-17-14-21(15-18-30)31-23-12-8-7-11-22(23)29-24(31)13-16-28-25(32)34-19-20-9-5-4-6-10-20/h4-12,21H,13-19H2,1-3H3,(H,28,32). The van der Waals surface area contributed by atoms with Gasteiger partial charge in [-0.05, 0) is 51.3 Å². The largest absolute Gasteiger partial charge is 0.445 e. The zero-order valence-electron chi connectivity index (χ0n) is 20.7. The van der Waals surface area contributed by atoms with Gasteiger partial charge >= 0.3 is 12.2 Å². The third kappa shape index (κ3) is 6.53. The lowest BCUT2D eigenvalue weighted by molar-refractivity contribution is 0.0189. The van der Waals surface area contributed by atoms with Gasteiger partial charge < -0.3 is 24.3 Å². The van der Waals surface area contributed by atoms with E-state index in [9.17, 15) is 9.59 Å². The van der Waals surface area contributed by atoms with Crippen LogP contribution >= 0.6 is 0 Å². The number of piperidine rings is 1. The van der Waals surface area contributed by atoms with E-state index < -0.39 is 11.7 Å². The summed E-state index contributed by atoms with van der Waals surface area (Å²) in [7, 11) is 0. The molecule has 1 fully saturated rings. The highest BCUT2D eigenvalue weighted by atomic mass is 16.6. The maximum atomic E-state index is 12.5. The summed E-state index contributed by atoms with van der Waals surface area (Å²) in [6.45, 7) is 7.58. The van der Waals surface area contributed by atoms with Gasteiger partial charge in [-0.1, -0.05) is 42.5 Å². The zero-order valence-corrected chi connectivity index (χ0v) is 20.7. The zero-order chi connectivity index (χ0) is 24.8. The van der Waals surface area contributed by atoms with E-state index in [1.165, 1.54) is 0 Å². The average Bonchev–Trinajstić information content (AvgIpc) is 3.20. The van der Waals surface area contributed by atoms with E-state index in [1.807, 2.05) is 69.3 Å². The van der Waals surface area contributed by atoms with Crippen molar-refractivity contribution in [3.05, 3.63) is 66.0 Å². The van der Waals surface area contributed by atoms with Gasteiger partial charge in [-0.3, -0.25) is 0 Å². The van der Waals surface area contributed by atoms with Crippen LogP contribution in [-0.4, -0.2) is 51.9 Å². The molecule has 0 saturated carbocycles. The Kier molecular flexibility index (Phi) is 7.58. The molecule has 0 radical (unpaired) electrons. The van der Waals surface area contributed by atoms with E-state index in [0.717, 1.165) is 35.3 Å². The number of imidazole rings is 1. The summed E-state index contributed by atoms with van der Waals surface area (Å²) in [6, 6.07) is 17.9. The van der Waals surface area contributed by atoms with Crippen LogP contribution in [0.15, 0.2) is 54.6 Å². The van der Waals surface area contributed by atoms with Crippen molar-refractivity contribution in [2.75, 3.05) is 19.6 Å². The van der Waals surface area contributed by atoms with Crippen LogP contribution < -0.4 is 5.32 Å². The molecule has 1 aromatic heterocycles. The van der Waals surface area contributed by atoms with Crippen LogP contribution in [-0.2, 0) is 22.5 Å². The van der Waals surface area contributed by atoms with E-state index in [0.29, 0.717) is 26.1 Å². The number of alkyl carbamates (subject to hydrolysis) is 1. The van der Waals surface area contributed by atoms with Crippen molar-refractivity contribution in [2.24, 2.45) is 0 Å². The summed E-state index contributed by atoms with van der Waals surface area (Å²) in [4.78, 5) is 31.3. The predicted octanol–water partition coefficient (Wildman–Crippen LogP) is 5.08. The number of benzene rings is 2. The quantitative estimate of drug-likeness (QED) is 0.534. The minimum Gasteiger partial charge on any atom is -0.445 e. The second kappa shape index (κ2) is 10.8. The van der Waals surface area contributed by atoms with Crippen molar-refractivity contribution in [3.63, 3.8) is 0 Å². The number of aromatic nitrogens is 2. The highest BCUT2D eigenvalue weighted by molar-refractivity contribution is 5.76. The first-order valence-electron chi connectivity index (χ1n) is 12.2. The number of likely N-dealkylation sites (tertiary alicyclic amines) is 1. The van der Waals surface area contributed by atoms with Crippen LogP contribution in [0.4, 0.5) is 9.59 Å². The number of amides is 2. The lowest BCUT2D eigenvalue weighted by atomic mass is 10.0. The second-order valence-corrected chi connectivity index (χ2v) is 9.82. The summed E-state index contributed by atoms with van der Waals surface area (Å²) in [5.41, 5.74) is 2.45. The first kappa shape index (κ1) is 24.6. The third-order valence-electron chi connectivity index (χ3n) is 5.98. The first-order chi connectivity index (χ1) is 16.8. The molecular weight excluding hydrogens is 444 g/mol. The fraction of sp³-hybridized carbons (Fsp3) is 0.444. The lowest BCUT2D eigenvalue weighted by Crippen LogP contribution is -2.42. The van der Waals surface area contributed by atoms with Gasteiger partial charge in [0.25, 0.3) is 0 Å². The van der Waals surface area contributed by atoms with Gasteiger partial charge in [0.15, 0.2) is 0 Å². The minimum atomic E-state index is -0.503. The summed E-state index contributed by atoms with van der Waals surface area (Å²) in [6.07, 6.45) is 1.52. The molecule has 1 saturated heterocycles. The highest BCUT2D eigenvalue weighted by Gasteiger charge is 2.29. The van der Waals surface area contributed by atoms with Crippen molar-refractivity contribution in [2.45, 2.75) is 58.3 Å². The fourth-order valence-corrected chi connectivity index (χ4v) is 4.36. The number of carbonyl (C=O) groups excluding carboxylic acids is 2. The molecule has 0 unspecified atom stereocenters. The van der Waals surface area contributed by atoms with Crippen molar-refractivity contribution in [1.82, 2.24) is 19.8 Å². The van der Waals surface area contributed by atoms with Crippen LogP contribution in [0.5, 0.6) is 0 Å². The molecule has 0 aliphatic carbocycles. The van der Waals surface area contributed by atoms with E-state index in [2.05, 4.69) is 16.0 Å². The Morgan fingerprint density at radius 1 is 1.03 bits per heavy atom. The van der Waals surface area contributed by atoms with Gasteiger partial charge in [0, 0.05) is 32.1 Å². The monoisotopic (exact) mass is 478 g/mol. The third-order valence-corrected chi connectivity index (χ3v) is 5.98. The van der Waals surface area contributed by atoms with Gasteiger partial charge in [-0.25, -0.2) is 14.6 Å². The fourth-order valence-electron chi connectivity index (χ4n) is 4.36. The maximum absolute atomic E-state index is 12.5. The molecule has 2 heterocycles. The molecule has 1 aliphatic heterocycles. The smallest absolute Gasteiger partial charge is 0.410 e. The topological polar surface area (TPSA) is 85.7 Å². The van der Waals surface area contributed by atoms with Crippen molar-refractivity contribution < 1.29 is 19.1 Å². The number of hydrogen-bond acceptors (Lipinski definition) is 5. The number of nitrogens with one attached hydrogen (secondary N) is 1. The summed E-state index contributed by atoms with van der Waals surface area (Å²) in [5.74, 6) is 0.922. The summed E-state index contributed by atoms with van der Waals surface area (Å²) >= 11 is 0. The normalized spacial score (nSPS) is 14.7. The molecule has 3 aromatic rings. The molecule has 0 bridgehead atoms. The van der Waals surface area contributed by atoms with E-state index in [-0.39, 0.29) is 18.7 Å². The van der Waals surface area contributed by atoms with Gasteiger partial charge in [0.05, 0.1) is 11.0 Å². The van der Waals surface area contributed by atoms with Crippen LogP contribution in [0.25, 0.3) is 11.0 Å². The van der Waals surface area contributed by atoms with Crippen LogP contribution in [0.3, 0.4) is 0 Å². The minimum absolute atomic E-state index is 0.223. The molecule has 1 N–H and O–H groups in total. The summed E-state index contributed by atoms with van der Waals surface area (Å²) in [5, 5.41) is 2.84. The summed E-state index contributed by atoms with van der Waals surface area (Å²) < 4.78 is 13.1. The number of hydrogen-bond donors (Lipinski definition) is 1. The number of ether oxygens (including phenoxy) is 2. The van der Waals surface area contributed by atoms with E-state index in [4.69, 9.17) is 14.5 Å². The Morgan fingerprint density at radius 2 is 1.71 bits per heavy atom. The van der Waals surface area contributed by atoms with Gasteiger partial charge in [-0.15, -0.1) is 0 Å². The number of nitrogens with zero attached hydrogens (tertiary/aromatic N) is 3. The van der Waals surface area contributed by atoms with Crippen LogP contribution in [0, 0.1) is 0 Å². The molecule has 35 heavy (non-hydrogen) atoms. The molecule has 8 nitrogen and oxygen atoms in total. The SMILES string of the molecule is CC(C)(C)OC(=O)N1CCC(n2c(CCNC(=O)OCc3ccccc3)nc3ccccc32)CC1. The van der Waals surface area contributed by atoms with Crippen molar-refractivity contribution in [3.8, 4) is 0 Å². The predicted molar refractivity (Wildman–Crippen MR) is 134 cm³/mol. The van der Waals surface area contributed by atoms with Crippen LogP contribution in [0.2, 0.25) is 0 Å². The molecule has 8 heteroatoms. The lowest BCUT2D eigenvalue weighted by Gasteiger charge is -2.34. The van der Waals surface area contributed by atoms with Crippen LogP contribution in [0.1, 0.15) is 51.0 Å². The Morgan fingerprint density at radius 3 is 2.43 bits per heavy atom. The number of rotatable bonds is 6. The Balaban J connectivity index is 1.37. The first-order valence-corrected chi connectivity index (χ1v) is 12.2. The maximum Gasteiger partial charge on any atom is 0.410 e. The van der Waals surface area contributed by atoms with Gasteiger partial charge in [0.1, 0.15) is 18.0 Å². The Bertz CT molecular complexity index is 1140. The number of para-hydroxylation sites is 2. The van der Waals surface area contributed by atoms with E-state index in [1.54, 1.807) is 4.90 Å². The highest BCUT2D eigenvalue weighted by Crippen LogP contribution is 2.29. The Hall–Kier alpha value is -3.55.